The third-order valence-electron chi connectivity index (χ3n) is 4.89. The molecule has 1 unspecified atom stereocenters. The summed E-state index contributed by atoms with van der Waals surface area (Å²) in [6.07, 6.45) is 8.76. The van der Waals surface area contributed by atoms with Gasteiger partial charge >= 0.3 is 0 Å². The topological polar surface area (TPSA) is 32.3 Å². The monoisotopic (exact) mass is 259 g/mol. The van der Waals surface area contributed by atoms with Crippen LogP contribution in [0.1, 0.15) is 62.0 Å². The molecule has 1 aliphatic carbocycles. The molecule has 2 aliphatic rings. The number of β-amino-alcohol motifs (C(OH)–C–C–N with tert-alkyl or cyclic N) is 1. The fourth-order valence-electron chi connectivity index (χ4n) is 3.64. The van der Waals surface area contributed by atoms with Gasteiger partial charge in [0.05, 0.1) is 0 Å². The molecule has 1 heterocycles. The van der Waals surface area contributed by atoms with E-state index in [1.165, 1.54) is 37.7 Å². The van der Waals surface area contributed by atoms with Crippen molar-refractivity contribution in [3.63, 3.8) is 0 Å². The van der Waals surface area contributed by atoms with Crippen LogP contribution in [0.2, 0.25) is 0 Å². The Kier molecular flexibility index (Phi) is 3.90. The summed E-state index contributed by atoms with van der Waals surface area (Å²) in [4.78, 5) is 0. The van der Waals surface area contributed by atoms with Crippen LogP contribution in [-0.2, 0) is 5.60 Å². The number of piperidine rings is 1. The van der Waals surface area contributed by atoms with Gasteiger partial charge < -0.3 is 10.4 Å². The summed E-state index contributed by atoms with van der Waals surface area (Å²) in [6, 6.07) is 8.80. The fraction of sp³-hybridized carbons (Fsp3) is 0.647. The molecule has 0 amide bonds. The molecule has 2 fully saturated rings. The molecule has 0 aromatic heterocycles. The third-order valence-corrected chi connectivity index (χ3v) is 4.89. The number of hydrogen-bond donors (Lipinski definition) is 2. The Morgan fingerprint density at radius 1 is 1.00 bits per heavy atom. The van der Waals surface area contributed by atoms with Crippen molar-refractivity contribution in [1.29, 1.82) is 0 Å². The molecule has 2 nitrogen and oxygen atoms in total. The first-order valence-corrected chi connectivity index (χ1v) is 7.81. The maximum Gasteiger partial charge on any atom is 0.102 e. The van der Waals surface area contributed by atoms with E-state index in [4.69, 9.17) is 0 Å². The molecule has 0 radical (unpaired) electrons. The minimum absolute atomic E-state index is 0.649. The summed E-state index contributed by atoms with van der Waals surface area (Å²) in [5, 5.41) is 14.0. The largest absolute Gasteiger partial charge is 0.384 e. The van der Waals surface area contributed by atoms with Crippen LogP contribution in [0, 0.1) is 0 Å². The highest BCUT2D eigenvalue weighted by molar-refractivity contribution is 5.30. The smallest absolute Gasteiger partial charge is 0.102 e. The maximum absolute atomic E-state index is 10.7. The first-order chi connectivity index (χ1) is 9.28. The lowest BCUT2D eigenvalue weighted by Crippen LogP contribution is -2.43. The molecule has 1 saturated heterocycles. The van der Waals surface area contributed by atoms with Crippen molar-refractivity contribution in [2.45, 2.75) is 56.5 Å². The van der Waals surface area contributed by atoms with E-state index in [0.717, 1.165) is 30.9 Å². The average Bonchev–Trinajstić information content (AvgIpc) is 2.49. The van der Waals surface area contributed by atoms with Gasteiger partial charge in [-0.15, -0.1) is 0 Å². The van der Waals surface area contributed by atoms with Crippen LogP contribution in [0.4, 0.5) is 0 Å². The first-order valence-electron chi connectivity index (χ1n) is 7.81. The van der Waals surface area contributed by atoms with Gasteiger partial charge in [-0.3, -0.25) is 0 Å². The molecule has 19 heavy (non-hydrogen) atoms. The van der Waals surface area contributed by atoms with E-state index in [-0.39, 0.29) is 0 Å². The summed E-state index contributed by atoms with van der Waals surface area (Å²) in [7, 11) is 0. The summed E-state index contributed by atoms with van der Waals surface area (Å²) in [5.74, 6) is 0.752. The van der Waals surface area contributed by atoms with Gasteiger partial charge in [0.15, 0.2) is 0 Å². The SMILES string of the molecule is OC1(c2ccc(C3CCCCC3)cc2)CCCNC1. The Hall–Kier alpha value is -0.860. The molecular weight excluding hydrogens is 234 g/mol. The molecule has 104 valence electrons. The van der Waals surface area contributed by atoms with Gasteiger partial charge in [0, 0.05) is 6.54 Å². The quantitative estimate of drug-likeness (QED) is 0.854. The van der Waals surface area contributed by atoms with E-state index in [2.05, 4.69) is 29.6 Å². The second-order valence-corrected chi connectivity index (χ2v) is 6.27. The lowest BCUT2D eigenvalue weighted by Gasteiger charge is -2.33. The Balaban J connectivity index is 1.74. The van der Waals surface area contributed by atoms with Crippen LogP contribution in [0.5, 0.6) is 0 Å². The molecule has 2 N–H and O–H groups in total. The Morgan fingerprint density at radius 2 is 1.74 bits per heavy atom. The standard InChI is InChI=1S/C17H25NO/c19-17(11-4-12-18-13-17)16-9-7-15(8-10-16)14-5-2-1-3-6-14/h7-10,14,18-19H,1-6,11-13H2. The second kappa shape index (κ2) is 5.64. The van der Waals surface area contributed by atoms with E-state index in [1.54, 1.807) is 0 Å². The number of benzene rings is 1. The van der Waals surface area contributed by atoms with E-state index >= 15 is 0 Å². The third kappa shape index (κ3) is 2.85. The van der Waals surface area contributed by atoms with Crippen molar-refractivity contribution in [2.24, 2.45) is 0 Å². The Morgan fingerprint density at radius 3 is 2.37 bits per heavy atom. The van der Waals surface area contributed by atoms with Crippen LogP contribution < -0.4 is 5.32 Å². The van der Waals surface area contributed by atoms with Crippen molar-refractivity contribution in [3.05, 3.63) is 35.4 Å². The Labute approximate surface area is 116 Å². The van der Waals surface area contributed by atoms with Crippen LogP contribution >= 0.6 is 0 Å². The summed E-state index contributed by atoms with van der Waals surface area (Å²) in [5.41, 5.74) is 1.90. The van der Waals surface area contributed by atoms with Crippen molar-refractivity contribution >= 4 is 0 Å². The van der Waals surface area contributed by atoms with Gasteiger partial charge in [-0.1, -0.05) is 43.5 Å². The number of hydrogen-bond acceptors (Lipinski definition) is 2. The van der Waals surface area contributed by atoms with E-state index in [0.29, 0.717) is 6.54 Å². The number of nitrogens with one attached hydrogen (secondary N) is 1. The predicted octanol–water partition coefficient (Wildman–Crippen LogP) is 3.31. The van der Waals surface area contributed by atoms with Gasteiger partial charge in [0.1, 0.15) is 5.60 Å². The van der Waals surface area contributed by atoms with E-state index in [9.17, 15) is 5.11 Å². The van der Waals surface area contributed by atoms with Crippen molar-refractivity contribution < 1.29 is 5.11 Å². The van der Waals surface area contributed by atoms with Gasteiger partial charge in [0.25, 0.3) is 0 Å². The van der Waals surface area contributed by atoms with Gasteiger partial charge in [-0.25, -0.2) is 0 Å². The van der Waals surface area contributed by atoms with Crippen LogP contribution in [0.3, 0.4) is 0 Å². The van der Waals surface area contributed by atoms with Crippen molar-refractivity contribution in [1.82, 2.24) is 5.32 Å². The molecule has 3 rings (SSSR count). The average molecular weight is 259 g/mol. The number of aliphatic hydroxyl groups is 1. The predicted molar refractivity (Wildman–Crippen MR) is 78.3 cm³/mol. The number of rotatable bonds is 2. The maximum atomic E-state index is 10.7. The fourth-order valence-corrected chi connectivity index (χ4v) is 3.64. The molecule has 1 aromatic carbocycles. The zero-order chi connectivity index (χ0) is 13.1. The molecule has 1 atom stereocenters. The lowest BCUT2D eigenvalue weighted by atomic mass is 9.82. The first kappa shape index (κ1) is 13.1. The molecule has 1 aromatic rings. The van der Waals surface area contributed by atoms with Gasteiger partial charge in [-0.05, 0) is 49.3 Å². The van der Waals surface area contributed by atoms with Gasteiger partial charge in [-0.2, -0.15) is 0 Å². The zero-order valence-corrected chi connectivity index (χ0v) is 11.7. The molecular formula is C17H25NO. The van der Waals surface area contributed by atoms with Crippen LogP contribution in [-0.4, -0.2) is 18.2 Å². The van der Waals surface area contributed by atoms with Crippen molar-refractivity contribution in [2.75, 3.05) is 13.1 Å². The van der Waals surface area contributed by atoms with E-state index < -0.39 is 5.60 Å². The minimum atomic E-state index is -0.649. The molecule has 2 heteroatoms. The highest BCUT2D eigenvalue weighted by Crippen LogP contribution is 2.34. The van der Waals surface area contributed by atoms with Crippen LogP contribution in [0.15, 0.2) is 24.3 Å². The van der Waals surface area contributed by atoms with Gasteiger partial charge in [0.2, 0.25) is 0 Å². The Bertz CT molecular complexity index is 400. The van der Waals surface area contributed by atoms with Crippen molar-refractivity contribution in [3.8, 4) is 0 Å². The normalized spacial score (nSPS) is 29.3. The summed E-state index contributed by atoms with van der Waals surface area (Å²) < 4.78 is 0. The minimum Gasteiger partial charge on any atom is -0.384 e. The second-order valence-electron chi connectivity index (χ2n) is 6.27. The lowest BCUT2D eigenvalue weighted by molar-refractivity contribution is 0.0123. The van der Waals surface area contributed by atoms with Crippen LogP contribution in [0.25, 0.3) is 0 Å². The molecule has 1 aliphatic heterocycles. The highest BCUT2D eigenvalue weighted by atomic mass is 16.3. The molecule has 0 bridgehead atoms. The zero-order valence-electron chi connectivity index (χ0n) is 11.7. The summed E-state index contributed by atoms with van der Waals surface area (Å²) in [6.45, 7) is 1.72. The van der Waals surface area contributed by atoms with E-state index in [1.807, 2.05) is 0 Å². The molecule has 0 spiro atoms. The highest BCUT2D eigenvalue weighted by Gasteiger charge is 2.31. The molecule has 1 saturated carbocycles. The summed E-state index contributed by atoms with van der Waals surface area (Å²) >= 11 is 0.